The van der Waals surface area contributed by atoms with Crippen LogP contribution >= 0.6 is 0 Å². The van der Waals surface area contributed by atoms with Crippen molar-refractivity contribution < 1.29 is 19.5 Å². The first kappa shape index (κ1) is 9.91. The number of rotatable bonds is 3. The Kier molecular flexibility index (Phi) is 2.62. The van der Waals surface area contributed by atoms with Gasteiger partial charge in [0.15, 0.2) is 6.29 Å². The van der Waals surface area contributed by atoms with Gasteiger partial charge in [0.1, 0.15) is 0 Å². The second kappa shape index (κ2) is 3.69. The molecular weight excluding hydrogens is 186 g/mol. The zero-order valence-corrected chi connectivity index (χ0v) is 7.06. The van der Waals surface area contributed by atoms with Gasteiger partial charge in [0.25, 0.3) is 0 Å². The van der Waals surface area contributed by atoms with Crippen LogP contribution in [-0.4, -0.2) is 23.3 Å². The van der Waals surface area contributed by atoms with Crippen LogP contribution in [0.2, 0.25) is 0 Å². The molecule has 14 heavy (non-hydrogen) atoms. The molecule has 0 heterocycles. The minimum atomic E-state index is -1.22. The van der Waals surface area contributed by atoms with Gasteiger partial charge in [0.05, 0.1) is 5.56 Å². The summed E-state index contributed by atoms with van der Waals surface area (Å²) in [7, 11) is 0. The highest BCUT2D eigenvalue weighted by molar-refractivity contribution is 6.00. The molecule has 0 aliphatic heterocycles. The van der Waals surface area contributed by atoms with Gasteiger partial charge in [-0.1, -0.05) is 0 Å². The smallest absolute Gasteiger partial charge is 0.336 e. The number of aromatic carboxylic acids is 1. The molecule has 0 spiro atoms. The third kappa shape index (κ3) is 1.77. The van der Waals surface area contributed by atoms with E-state index in [1.54, 1.807) is 0 Å². The van der Waals surface area contributed by atoms with Crippen LogP contribution in [0.4, 0.5) is 0 Å². The molecule has 0 aliphatic carbocycles. The van der Waals surface area contributed by atoms with E-state index in [9.17, 15) is 14.4 Å². The van der Waals surface area contributed by atoms with Crippen molar-refractivity contribution in [1.82, 2.24) is 0 Å². The Morgan fingerprint density at radius 1 is 1.36 bits per heavy atom. The van der Waals surface area contributed by atoms with Gasteiger partial charge >= 0.3 is 5.97 Å². The maximum absolute atomic E-state index is 10.7. The van der Waals surface area contributed by atoms with Crippen LogP contribution in [0.5, 0.6) is 0 Å². The highest BCUT2D eigenvalue weighted by Gasteiger charge is 2.11. The minimum Gasteiger partial charge on any atom is -0.478 e. The number of hydrogen-bond donors (Lipinski definition) is 2. The number of carboxylic acids is 1. The highest BCUT2D eigenvalue weighted by Crippen LogP contribution is 2.09. The fraction of sp³-hybridized carbons (Fsp3) is 0. The van der Waals surface area contributed by atoms with E-state index in [-0.39, 0.29) is 16.7 Å². The van der Waals surface area contributed by atoms with Crippen molar-refractivity contribution in [3.8, 4) is 0 Å². The monoisotopic (exact) mass is 193 g/mol. The lowest BCUT2D eigenvalue weighted by atomic mass is 10.0. The van der Waals surface area contributed by atoms with Crippen molar-refractivity contribution in [2.75, 3.05) is 0 Å². The summed E-state index contributed by atoms with van der Waals surface area (Å²) in [6, 6.07) is 3.59. The van der Waals surface area contributed by atoms with Gasteiger partial charge in [0, 0.05) is 11.1 Å². The number of carbonyl (C=O) groups is 3. The van der Waals surface area contributed by atoms with Gasteiger partial charge in [-0.25, -0.2) is 4.79 Å². The van der Waals surface area contributed by atoms with Gasteiger partial charge in [-0.05, 0) is 18.2 Å². The first-order valence-corrected chi connectivity index (χ1v) is 3.68. The highest BCUT2D eigenvalue weighted by atomic mass is 16.4. The Morgan fingerprint density at radius 2 is 2.00 bits per heavy atom. The summed E-state index contributed by atoms with van der Waals surface area (Å²) in [5.41, 5.74) is 4.86. The molecule has 0 atom stereocenters. The van der Waals surface area contributed by atoms with E-state index in [0.717, 1.165) is 6.07 Å². The maximum atomic E-state index is 10.7. The zero-order chi connectivity index (χ0) is 10.7. The van der Waals surface area contributed by atoms with E-state index in [2.05, 4.69) is 0 Å². The predicted octanol–water partition coefficient (Wildman–Crippen LogP) is 0.296. The van der Waals surface area contributed by atoms with Crippen LogP contribution < -0.4 is 5.73 Å². The number of nitrogens with two attached hydrogens (primary N) is 1. The maximum Gasteiger partial charge on any atom is 0.336 e. The number of amides is 1. The van der Waals surface area contributed by atoms with Gasteiger partial charge in [-0.2, -0.15) is 0 Å². The van der Waals surface area contributed by atoms with Crippen molar-refractivity contribution in [2.24, 2.45) is 5.73 Å². The molecule has 1 rings (SSSR count). The molecule has 5 nitrogen and oxygen atoms in total. The molecule has 0 fully saturated rings. The Morgan fingerprint density at radius 3 is 2.43 bits per heavy atom. The van der Waals surface area contributed by atoms with Crippen molar-refractivity contribution in [1.29, 1.82) is 0 Å². The standard InChI is InChI=1S/C9H7NO4/c10-8(12)5-1-2-7(9(13)14)6(3-5)4-11/h1-4H,(H2,10,12)(H,13,14). The molecule has 1 amide bonds. The molecule has 1 aromatic carbocycles. The van der Waals surface area contributed by atoms with E-state index in [4.69, 9.17) is 10.8 Å². The number of benzene rings is 1. The Bertz CT molecular complexity index is 411. The SMILES string of the molecule is NC(=O)c1ccc(C(=O)O)c(C=O)c1. The van der Waals surface area contributed by atoms with Gasteiger partial charge in [-0.3, -0.25) is 9.59 Å². The van der Waals surface area contributed by atoms with Gasteiger partial charge in [-0.15, -0.1) is 0 Å². The van der Waals surface area contributed by atoms with Crippen molar-refractivity contribution >= 4 is 18.2 Å². The molecule has 0 saturated carbocycles. The molecule has 72 valence electrons. The molecule has 3 N–H and O–H groups in total. The molecule has 0 unspecified atom stereocenters. The van der Waals surface area contributed by atoms with E-state index in [1.807, 2.05) is 0 Å². The summed E-state index contributed by atoms with van der Waals surface area (Å²) < 4.78 is 0. The lowest BCUT2D eigenvalue weighted by Crippen LogP contribution is -2.12. The van der Waals surface area contributed by atoms with Crippen LogP contribution in [-0.2, 0) is 0 Å². The van der Waals surface area contributed by atoms with Crippen LogP contribution in [0.15, 0.2) is 18.2 Å². The molecule has 1 aromatic rings. The Labute approximate surface area is 79.1 Å². The van der Waals surface area contributed by atoms with Crippen molar-refractivity contribution in [2.45, 2.75) is 0 Å². The first-order chi connectivity index (χ1) is 6.56. The number of hydrogen-bond acceptors (Lipinski definition) is 3. The van der Waals surface area contributed by atoms with E-state index in [1.165, 1.54) is 12.1 Å². The van der Waals surface area contributed by atoms with Crippen LogP contribution in [0.25, 0.3) is 0 Å². The van der Waals surface area contributed by atoms with Crippen molar-refractivity contribution in [3.05, 3.63) is 34.9 Å². The number of aldehydes is 1. The lowest BCUT2D eigenvalue weighted by molar-refractivity contribution is 0.0693. The van der Waals surface area contributed by atoms with Crippen LogP contribution in [0, 0.1) is 0 Å². The molecule has 0 aromatic heterocycles. The zero-order valence-electron chi connectivity index (χ0n) is 7.06. The average Bonchev–Trinajstić information content (AvgIpc) is 2.16. The van der Waals surface area contributed by atoms with Crippen LogP contribution in [0.3, 0.4) is 0 Å². The Hall–Kier alpha value is -2.17. The second-order valence-corrected chi connectivity index (χ2v) is 2.59. The second-order valence-electron chi connectivity index (χ2n) is 2.59. The summed E-state index contributed by atoms with van der Waals surface area (Å²) in [4.78, 5) is 31.8. The Balaban J connectivity index is 3.32. The largest absolute Gasteiger partial charge is 0.478 e. The normalized spacial score (nSPS) is 9.43. The fourth-order valence-corrected chi connectivity index (χ4v) is 1.01. The fourth-order valence-electron chi connectivity index (χ4n) is 1.01. The minimum absolute atomic E-state index is 0.0613. The van der Waals surface area contributed by atoms with Gasteiger partial charge in [0.2, 0.25) is 5.91 Å². The summed E-state index contributed by atoms with van der Waals surface area (Å²) in [5, 5.41) is 8.65. The van der Waals surface area contributed by atoms with Gasteiger partial charge < -0.3 is 10.8 Å². The third-order valence-corrected chi connectivity index (χ3v) is 1.69. The topological polar surface area (TPSA) is 97.5 Å². The molecule has 0 aliphatic rings. The van der Waals surface area contributed by atoms with E-state index >= 15 is 0 Å². The third-order valence-electron chi connectivity index (χ3n) is 1.69. The number of carboxylic acid groups (broad SMARTS) is 1. The van der Waals surface area contributed by atoms with Crippen molar-refractivity contribution in [3.63, 3.8) is 0 Å². The summed E-state index contributed by atoms with van der Waals surface area (Å²) in [6.45, 7) is 0. The molecule has 0 bridgehead atoms. The molecule has 0 saturated heterocycles. The predicted molar refractivity (Wildman–Crippen MR) is 47.3 cm³/mol. The average molecular weight is 193 g/mol. The summed E-state index contributed by atoms with van der Waals surface area (Å²) in [6.07, 6.45) is 0.371. The lowest BCUT2D eigenvalue weighted by Gasteiger charge is -2.00. The number of carbonyl (C=O) groups excluding carboxylic acids is 2. The number of primary amides is 1. The first-order valence-electron chi connectivity index (χ1n) is 3.68. The summed E-state index contributed by atoms with van der Waals surface area (Å²) in [5.74, 6) is -1.92. The molecular formula is C9H7NO4. The quantitative estimate of drug-likeness (QED) is 0.674. The molecule has 5 heteroatoms. The van der Waals surface area contributed by atoms with Crippen LogP contribution in [0.1, 0.15) is 31.1 Å². The summed E-state index contributed by atoms with van der Waals surface area (Å²) >= 11 is 0. The van der Waals surface area contributed by atoms with E-state index in [0.29, 0.717) is 6.29 Å². The van der Waals surface area contributed by atoms with E-state index < -0.39 is 11.9 Å². The molecule has 0 radical (unpaired) electrons.